The molecule has 6 nitrogen and oxygen atoms in total. The van der Waals surface area contributed by atoms with Gasteiger partial charge in [-0.25, -0.2) is 4.79 Å². The largest absolute Gasteiger partial charge is 0.497 e. The molecule has 1 fully saturated rings. The van der Waals surface area contributed by atoms with Crippen LogP contribution in [-0.4, -0.2) is 43.2 Å². The van der Waals surface area contributed by atoms with Crippen LogP contribution in [0.5, 0.6) is 11.5 Å². The smallest absolute Gasteiger partial charge is 0.317 e. The Kier molecular flexibility index (Phi) is 5.60. The van der Waals surface area contributed by atoms with Crippen LogP contribution < -0.4 is 14.8 Å². The summed E-state index contributed by atoms with van der Waals surface area (Å²) < 4.78 is 10.8. The number of nitrogens with one attached hydrogen (secondary N) is 2. The molecule has 3 aromatic rings. The zero-order chi connectivity index (χ0) is 20.2. The number of ether oxygens (including phenoxy) is 2. The van der Waals surface area contributed by atoms with E-state index in [1.807, 2.05) is 41.4 Å². The number of methoxy groups -OCH3 is 2. The van der Waals surface area contributed by atoms with Gasteiger partial charge in [0.1, 0.15) is 11.5 Å². The Labute approximate surface area is 170 Å². The molecule has 6 heteroatoms. The number of rotatable bonds is 6. The predicted molar refractivity (Wildman–Crippen MR) is 114 cm³/mol. The van der Waals surface area contributed by atoms with Gasteiger partial charge >= 0.3 is 6.03 Å². The fraction of sp³-hybridized carbons (Fsp3) is 0.348. The van der Waals surface area contributed by atoms with Crippen molar-refractivity contribution in [2.45, 2.75) is 25.3 Å². The first-order valence-electron chi connectivity index (χ1n) is 10.0. The van der Waals surface area contributed by atoms with E-state index in [1.165, 1.54) is 10.9 Å². The van der Waals surface area contributed by atoms with Crippen molar-refractivity contribution >= 4 is 16.9 Å². The molecule has 152 valence electrons. The molecule has 0 spiro atoms. The van der Waals surface area contributed by atoms with E-state index in [4.69, 9.17) is 9.47 Å². The number of H-pyrrole nitrogens is 1. The third-order valence-corrected chi connectivity index (χ3v) is 5.66. The Morgan fingerprint density at radius 3 is 2.90 bits per heavy atom. The quantitative estimate of drug-likeness (QED) is 0.657. The summed E-state index contributed by atoms with van der Waals surface area (Å²) >= 11 is 0. The minimum atomic E-state index is -0.0230. The van der Waals surface area contributed by atoms with Gasteiger partial charge in [0, 0.05) is 41.8 Å². The average Bonchev–Trinajstić information content (AvgIpc) is 3.41. The molecule has 2 heterocycles. The number of amides is 2. The van der Waals surface area contributed by atoms with Crippen LogP contribution in [0.3, 0.4) is 0 Å². The van der Waals surface area contributed by atoms with Crippen molar-refractivity contribution < 1.29 is 14.3 Å². The number of aromatic nitrogens is 1. The highest BCUT2D eigenvalue weighted by atomic mass is 16.5. The standard InChI is InChI=1S/C23H27N3O3/c1-28-17-9-10-19(22(14-17)29-2)21-8-5-13-26(21)23(27)24-12-11-16-15-25-20-7-4-3-6-18(16)20/h3-4,6-7,9-10,14-15,21,25H,5,8,11-13H2,1-2H3,(H,24,27). The fourth-order valence-electron chi connectivity index (χ4n) is 4.17. The van der Waals surface area contributed by atoms with Crippen LogP contribution >= 0.6 is 0 Å². The maximum absolute atomic E-state index is 12.9. The summed E-state index contributed by atoms with van der Waals surface area (Å²) in [6, 6.07) is 14.0. The Morgan fingerprint density at radius 1 is 1.21 bits per heavy atom. The second kappa shape index (κ2) is 8.47. The minimum Gasteiger partial charge on any atom is -0.497 e. The molecule has 1 atom stereocenters. The third kappa shape index (κ3) is 3.88. The first kappa shape index (κ1) is 19.2. The van der Waals surface area contributed by atoms with Gasteiger partial charge in [0.25, 0.3) is 0 Å². The molecule has 2 amide bonds. The molecule has 1 aromatic heterocycles. The number of carbonyl (C=O) groups is 1. The monoisotopic (exact) mass is 393 g/mol. The molecule has 1 unspecified atom stereocenters. The predicted octanol–water partition coefficient (Wildman–Crippen LogP) is 4.27. The first-order chi connectivity index (χ1) is 14.2. The van der Waals surface area contributed by atoms with E-state index in [9.17, 15) is 4.79 Å². The van der Waals surface area contributed by atoms with Crippen LogP contribution in [0.15, 0.2) is 48.7 Å². The summed E-state index contributed by atoms with van der Waals surface area (Å²) in [5, 5.41) is 4.31. The summed E-state index contributed by atoms with van der Waals surface area (Å²) in [6.07, 6.45) is 4.73. The number of fused-ring (bicyclic) bond motifs is 1. The summed E-state index contributed by atoms with van der Waals surface area (Å²) in [7, 11) is 3.29. The molecule has 0 saturated carbocycles. The van der Waals surface area contributed by atoms with Crippen LogP contribution in [0.25, 0.3) is 10.9 Å². The SMILES string of the molecule is COc1ccc(C2CCCN2C(=O)NCCc2c[nH]c3ccccc23)c(OC)c1. The van der Waals surface area contributed by atoms with E-state index in [0.29, 0.717) is 6.54 Å². The Balaban J connectivity index is 1.41. The second-order valence-corrected chi connectivity index (χ2v) is 7.30. The number of hydrogen-bond donors (Lipinski definition) is 2. The summed E-state index contributed by atoms with van der Waals surface area (Å²) in [6.45, 7) is 1.35. The number of carbonyl (C=O) groups excluding carboxylic acids is 1. The number of para-hydroxylation sites is 1. The first-order valence-corrected chi connectivity index (χ1v) is 10.0. The van der Waals surface area contributed by atoms with E-state index >= 15 is 0 Å². The lowest BCUT2D eigenvalue weighted by Gasteiger charge is -2.26. The van der Waals surface area contributed by atoms with Crippen LogP contribution in [-0.2, 0) is 6.42 Å². The molecular weight excluding hydrogens is 366 g/mol. The van der Waals surface area contributed by atoms with Crippen molar-refractivity contribution in [1.82, 2.24) is 15.2 Å². The van der Waals surface area contributed by atoms with E-state index in [1.54, 1.807) is 14.2 Å². The average molecular weight is 393 g/mol. The van der Waals surface area contributed by atoms with Gasteiger partial charge < -0.3 is 24.7 Å². The zero-order valence-electron chi connectivity index (χ0n) is 16.9. The highest BCUT2D eigenvalue weighted by Gasteiger charge is 2.31. The van der Waals surface area contributed by atoms with Gasteiger partial charge in [0.05, 0.1) is 20.3 Å². The van der Waals surface area contributed by atoms with Gasteiger partial charge in [-0.15, -0.1) is 0 Å². The zero-order valence-corrected chi connectivity index (χ0v) is 16.9. The molecular formula is C23H27N3O3. The number of nitrogens with zero attached hydrogens (tertiary/aromatic N) is 1. The lowest BCUT2D eigenvalue weighted by atomic mass is 10.0. The molecule has 1 aliphatic heterocycles. The van der Waals surface area contributed by atoms with Crippen molar-refractivity contribution in [3.05, 3.63) is 59.8 Å². The molecule has 1 aliphatic rings. The van der Waals surface area contributed by atoms with Gasteiger partial charge in [-0.3, -0.25) is 0 Å². The Bertz CT molecular complexity index is 998. The van der Waals surface area contributed by atoms with E-state index in [2.05, 4.69) is 22.4 Å². The van der Waals surface area contributed by atoms with E-state index in [0.717, 1.165) is 48.4 Å². The molecule has 2 aromatic carbocycles. The van der Waals surface area contributed by atoms with Crippen LogP contribution in [0.1, 0.15) is 30.0 Å². The molecule has 2 N–H and O–H groups in total. The maximum Gasteiger partial charge on any atom is 0.317 e. The van der Waals surface area contributed by atoms with Crippen molar-refractivity contribution in [2.75, 3.05) is 27.3 Å². The number of likely N-dealkylation sites (tertiary alicyclic amines) is 1. The molecule has 29 heavy (non-hydrogen) atoms. The van der Waals surface area contributed by atoms with Gasteiger partial charge in [-0.2, -0.15) is 0 Å². The fourth-order valence-corrected chi connectivity index (χ4v) is 4.17. The lowest BCUT2D eigenvalue weighted by molar-refractivity contribution is 0.192. The molecule has 4 rings (SSSR count). The van der Waals surface area contributed by atoms with Crippen molar-refractivity contribution in [1.29, 1.82) is 0 Å². The number of hydrogen-bond acceptors (Lipinski definition) is 3. The van der Waals surface area contributed by atoms with Crippen molar-refractivity contribution in [3.63, 3.8) is 0 Å². The van der Waals surface area contributed by atoms with Crippen LogP contribution in [0.2, 0.25) is 0 Å². The van der Waals surface area contributed by atoms with E-state index in [-0.39, 0.29) is 12.1 Å². The molecule has 0 bridgehead atoms. The number of aromatic amines is 1. The summed E-state index contributed by atoms with van der Waals surface area (Å²) in [5.41, 5.74) is 3.37. The summed E-state index contributed by atoms with van der Waals surface area (Å²) in [5.74, 6) is 1.51. The molecule has 0 aliphatic carbocycles. The minimum absolute atomic E-state index is 0.0175. The van der Waals surface area contributed by atoms with Crippen LogP contribution in [0, 0.1) is 0 Å². The van der Waals surface area contributed by atoms with Crippen LogP contribution in [0.4, 0.5) is 4.79 Å². The second-order valence-electron chi connectivity index (χ2n) is 7.30. The van der Waals surface area contributed by atoms with Gasteiger partial charge in [0.2, 0.25) is 0 Å². The Morgan fingerprint density at radius 2 is 2.07 bits per heavy atom. The Hall–Kier alpha value is -3.15. The van der Waals surface area contributed by atoms with Gasteiger partial charge in [-0.05, 0) is 43.0 Å². The summed E-state index contributed by atoms with van der Waals surface area (Å²) in [4.78, 5) is 18.1. The molecule has 0 radical (unpaired) electrons. The third-order valence-electron chi connectivity index (χ3n) is 5.66. The topological polar surface area (TPSA) is 66.6 Å². The number of urea groups is 1. The van der Waals surface area contributed by atoms with Crippen molar-refractivity contribution in [3.8, 4) is 11.5 Å². The molecule has 1 saturated heterocycles. The van der Waals surface area contributed by atoms with Gasteiger partial charge in [0.15, 0.2) is 0 Å². The highest BCUT2D eigenvalue weighted by Crippen LogP contribution is 2.38. The highest BCUT2D eigenvalue weighted by molar-refractivity contribution is 5.83. The maximum atomic E-state index is 12.9. The number of benzene rings is 2. The van der Waals surface area contributed by atoms with Gasteiger partial charge in [-0.1, -0.05) is 18.2 Å². The van der Waals surface area contributed by atoms with E-state index < -0.39 is 0 Å². The van der Waals surface area contributed by atoms with Crippen molar-refractivity contribution in [2.24, 2.45) is 0 Å². The normalized spacial score (nSPS) is 16.2. The lowest BCUT2D eigenvalue weighted by Crippen LogP contribution is -2.40.